The van der Waals surface area contributed by atoms with Crippen molar-refractivity contribution in [2.45, 2.75) is 118 Å². The summed E-state index contributed by atoms with van der Waals surface area (Å²) in [5.41, 5.74) is -0.547. The van der Waals surface area contributed by atoms with Crippen LogP contribution in [0.3, 0.4) is 0 Å². The van der Waals surface area contributed by atoms with Gasteiger partial charge in [0.1, 0.15) is 0 Å². The molecule has 0 aliphatic heterocycles. The summed E-state index contributed by atoms with van der Waals surface area (Å²) in [6, 6.07) is 0. The second-order valence-electron chi connectivity index (χ2n) is 9.48. The van der Waals surface area contributed by atoms with E-state index in [9.17, 15) is 19.8 Å². The summed E-state index contributed by atoms with van der Waals surface area (Å²) in [5.74, 6) is -0.624. The van der Waals surface area contributed by atoms with E-state index >= 15 is 0 Å². The van der Waals surface area contributed by atoms with Gasteiger partial charge in [-0.1, -0.05) is 53.4 Å². The van der Waals surface area contributed by atoms with Crippen LogP contribution in [0.25, 0.3) is 0 Å². The Morgan fingerprint density at radius 1 is 0.909 bits per heavy atom. The Morgan fingerprint density at radius 2 is 1.48 bits per heavy atom. The van der Waals surface area contributed by atoms with E-state index in [1.54, 1.807) is 4.57 Å². The number of unbranched alkanes of at least 4 members (excludes halogenated alkanes) is 2. The number of hydrogen-bond donors (Lipinski definition) is 2. The molecule has 0 unspecified atom stereocenters. The molecule has 1 heterocycles. The molecule has 0 amide bonds. The van der Waals surface area contributed by atoms with Gasteiger partial charge in [-0.15, -0.1) is 0 Å². The Labute approximate surface area is 200 Å². The number of carboxylic acid groups (broad SMARTS) is 1. The van der Waals surface area contributed by atoms with E-state index < -0.39 is 11.4 Å². The molecule has 0 spiro atoms. The first-order valence-electron chi connectivity index (χ1n) is 13.0. The van der Waals surface area contributed by atoms with Gasteiger partial charge in [0.15, 0.2) is 0 Å². The first-order valence-corrected chi connectivity index (χ1v) is 13.0. The van der Waals surface area contributed by atoms with Crippen molar-refractivity contribution in [3.63, 3.8) is 0 Å². The number of aliphatic carboxylic acids is 1. The van der Waals surface area contributed by atoms with Crippen molar-refractivity contribution >= 4 is 5.97 Å². The topological polar surface area (TPSA) is 93.7 Å². The van der Waals surface area contributed by atoms with Gasteiger partial charge < -0.3 is 14.9 Å². The third-order valence-corrected chi connectivity index (χ3v) is 7.98. The van der Waals surface area contributed by atoms with E-state index in [4.69, 9.17) is 4.74 Å². The fourth-order valence-electron chi connectivity index (χ4n) is 4.87. The number of carbonyl (C=O) groups is 1. The zero-order valence-electron chi connectivity index (χ0n) is 21.7. The Hall–Kier alpha value is -1.76. The maximum Gasteiger partial charge on any atom is 0.331 e. The predicted molar refractivity (Wildman–Crippen MR) is 133 cm³/mol. The number of carboxylic acids is 1. The number of aromatic hydroxyl groups is 1. The van der Waals surface area contributed by atoms with Crippen LogP contribution in [0.15, 0.2) is 11.0 Å². The molecule has 0 radical (unpaired) electrons. The molecule has 7 nitrogen and oxygen atoms in total. The van der Waals surface area contributed by atoms with Gasteiger partial charge in [0, 0.05) is 26.3 Å². The first kappa shape index (κ1) is 29.3. The third kappa shape index (κ3) is 8.20. The highest BCUT2D eigenvalue weighted by Gasteiger charge is 2.33. The molecule has 33 heavy (non-hydrogen) atoms. The van der Waals surface area contributed by atoms with Crippen LogP contribution in [0.4, 0.5) is 0 Å². The molecule has 0 fully saturated rings. The quantitative estimate of drug-likeness (QED) is 0.250. The van der Waals surface area contributed by atoms with Crippen LogP contribution in [0.1, 0.15) is 105 Å². The fraction of sp³-hybridized carbons (Fsp3) is 0.846. The van der Waals surface area contributed by atoms with Gasteiger partial charge in [-0.2, -0.15) is 0 Å². The maximum atomic E-state index is 12.4. The lowest BCUT2D eigenvalue weighted by atomic mass is 9.75. The molecular formula is C26H48N2O5. The van der Waals surface area contributed by atoms with E-state index in [-0.39, 0.29) is 17.0 Å². The summed E-state index contributed by atoms with van der Waals surface area (Å²) in [4.78, 5) is 23.9. The average molecular weight is 469 g/mol. The van der Waals surface area contributed by atoms with Crippen molar-refractivity contribution in [3.8, 4) is 5.88 Å². The molecule has 1 aromatic rings. The number of rotatable bonds is 19. The molecule has 0 aliphatic carbocycles. The zero-order valence-corrected chi connectivity index (χ0v) is 21.7. The SMILES string of the molecule is CCn1cc(O)n(CCC(CC)(CC)CCCCOCCCCC(CC)(CC)C(=O)O)c1=O. The van der Waals surface area contributed by atoms with Crippen LogP contribution in [-0.2, 0) is 22.6 Å². The molecule has 0 aliphatic rings. The van der Waals surface area contributed by atoms with E-state index in [2.05, 4.69) is 13.8 Å². The van der Waals surface area contributed by atoms with Gasteiger partial charge in [0.05, 0.1) is 11.6 Å². The molecule has 0 saturated heterocycles. The number of aromatic nitrogens is 2. The van der Waals surface area contributed by atoms with Crippen LogP contribution >= 0.6 is 0 Å². The minimum atomic E-state index is -0.674. The summed E-state index contributed by atoms with van der Waals surface area (Å²) < 4.78 is 8.83. The lowest BCUT2D eigenvalue weighted by Gasteiger charge is -2.32. The zero-order chi connectivity index (χ0) is 24.9. The highest BCUT2D eigenvalue weighted by molar-refractivity contribution is 5.74. The summed E-state index contributed by atoms with van der Waals surface area (Å²) in [6.07, 6.45) is 11.5. The second-order valence-corrected chi connectivity index (χ2v) is 9.48. The maximum absolute atomic E-state index is 12.4. The molecule has 0 bridgehead atoms. The smallest absolute Gasteiger partial charge is 0.331 e. The summed E-state index contributed by atoms with van der Waals surface area (Å²) >= 11 is 0. The standard InChI is InChI=1S/C26H48N2O5/c1-6-25(7-2,17-18-28-22(29)21-27(10-5)24(28)32)15-11-13-19-33-20-14-12-16-26(8-3,9-4)23(30)31/h21,29H,6-20H2,1-5H3,(H,30,31). The number of ether oxygens (including phenoxy) is 1. The van der Waals surface area contributed by atoms with Gasteiger partial charge in [0.2, 0.25) is 5.88 Å². The Balaban J connectivity index is 2.35. The molecule has 1 rings (SSSR count). The number of aryl methyl sites for hydroxylation is 1. The van der Waals surface area contributed by atoms with Crippen molar-refractivity contribution in [3.05, 3.63) is 16.7 Å². The minimum Gasteiger partial charge on any atom is -0.493 e. The summed E-state index contributed by atoms with van der Waals surface area (Å²) in [5, 5.41) is 19.6. The Kier molecular flexibility index (Phi) is 12.9. The fourth-order valence-corrected chi connectivity index (χ4v) is 4.87. The Bertz CT molecular complexity index is 744. The lowest BCUT2D eigenvalue weighted by molar-refractivity contribution is -0.150. The third-order valence-electron chi connectivity index (χ3n) is 7.98. The van der Waals surface area contributed by atoms with Crippen molar-refractivity contribution in [1.82, 2.24) is 9.13 Å². The monoisotopic (exact) mass is 468 g/mol. The summed E-state index contributed by atoms with van der Waals surface area (Å²) in [6.45, 7) is 12.8. The van der Waals surface area contributed by atoms with Gasteiger partial charge in [-0.05, 0) is 57.3 Å². The molecule has 2 N–H and O–H groups in total. The van der Waals surface area contributed by atoms with Crippen molar-refractivity contribution in [2.24, 2.45) is 10.8 Å². The number of nitrogens with zero attached hydrogens (tertiary/aromatic N) is 2. The van der Waals surface area contributed by atoms with Gasteiger partial charge in [-0.25, -0.2) is 4.79 Å². The molecule has 7 heteroatoms. The largest absolute Gasteiger partial charge is 0.493 e. The van der Waals surface area contributed by atoms with Crippen molar-refractivity contribution in [2.75, 3.05) is 13.2 Å². The van der Waals surface area contributed by atoms with Crippen molar-refractivity contribution < 1.29 is 19.7 Å². The van der Waals surface area contributed by atoms with Crippen LogP contribution in [0, 0.1) is 10.8 Å². The summed E-state index contributed by atoms with van der Waals surface area (Å²) in [7, 11) is 0. The normalized spacial score (nSPS) is 12.4. The average Bonchev–Trinajstić information content (AvgIpc) is 3.10. The Morgan fingerprint density at radius 3 is 1.94 bits per heavy atom. The molecule has 0 atom stereocenters. The second kappa shape index (κ2) is 14.5. The van der Waals surface area contributed by atoms with Crippen LogP contribution in [0.2, 0.25) is 0 Å². The minimum absolute atomic E-state index is 0.0508. The van der Waals surface area contributed by atoms with E-state index in [1.807, 2.05) is 20.8 Å². The van der Waals surface area contributed by atoms with Crippen molar-refractivity contribution in [1.29, 1.82) is 0 Å². The highest BCUT2D eigenvalue weighted by atomic mass is 16.5. The predicted octanol–water partition coefficient (Wildman–Crippen LogP) is 5.82. The number of imidazole rings is 1. The van der Waals surface area contributed by atoms with E-state index in [0.29, 0.717) is 39.0 Å². The molecular weight excluding hydrogens is 420 g/mol. The van der Waals surface area contributed by atoms with E-state index in [0.717, 1.165) is 58.0 Å². The molecule has 1 aromatic heterocycles. The number of hydrogen-bond acceptors (Lipinski definition) is 4. The lowest BCUT2D eigenvalue weighted by Crippen LogP contribution is -2.29. The van der Waals surface area contributed by atoms with E-state index in [1.165, 1.54) is 10.8 Å². The van der Waals surface area contributed by atoms with Gasteiger partial charge in [0.25, 0.3) is 0 Å². The van der Waals surface area contributed by atoms with Crippen LogP contribution in [-0.4, -0.2) is 38.5 Å². The first-order chi connectivity index (χ1) is 15.7. The molecule has 192 valence electrons. The molecule has 0 saturated carbocycles. The van der Waals surface area contributed by atoms with Gasteiger partial charge >= 0.3 is 11.7 Å². The molecule has 0 aromatic carbocycles. The van der Waals surface area contributed by atoms with Crippen LogP contribution in [0.5, 0.6) is 5.88 Å². The van der Waals surface area contributed by atoms with Crippen LogP contribution < -0.4 is 5.69 Å². The highest BCUT2D eigenvalue weighted by Crippen LogP contribution is 2.37. The van der Waals surface area contributed by atoms with Gasteiger partial charge in [-0.3, -0.25) is 13.9 Å².